The molecule has 1 amide bonds. The highest BCUT2D eigenvalue weighted by Gasteiger charge is 2.28. The number of hydrogen-bond acceptors (Lipinski definition) is 3. The Morgan fingerprint density at radius 1 is 1.24 bits per heavy atom. The summed E-state index contributed by atoms with van der Waals surface area (Å²) in [6.07, 6.45) is 4.43. The first-order valence-corrected chi connectivity index (χ1v) is 8.60. The molecule has 1 heterocycles. The first-order valence-electron chi connectivity index (χ1n) is 7.61. The molecular formula is C16H21FN2OS. The minimum absolute atomic E-state index is 0.0555. The molecule has 1 aliphatic carbocycles. The Morgan fingerprint density at radius 2 is 2.00 bits per heavy atom. The number of benzene rings is 1. The Labute approximate surface area is 128 Å². The standard InChI is InChI=1S/C16H21FN2OS/c17-11-3-6-15-13(9-11)14(7-8-21-15)19-16(20)10-1-4-12(18)5-2-10/h3,6,9-10,12,14H,1-2,4-5,7-8,18H2,(H,19,20). The minimum Gasteiger partial charge on any atom is -0.349 e. The maximum absolute atomic E-state index is 13.5. The SMILES string of the molecule is NC1CCC(C(=O)NC2CCSc3ccc(F)cc32)CC1. The van der Waals surface area contributed by atoms with Gasteiger partial charge in [-0.1, -0.05) is 0 Å². The molecule has 3 N–H and O–H groups in total. The molecule has 5 heteroatoms. The van der Waals surface area contributed by atoms with Gasteiger partial charge < -0.3 is 11.1 Å². The van der Waals surface area contributed by atoms with Gasteiger partial charge in [0, 0.05) is 22.6 Å². The molecule has 21 heavy (non-hydrogen) atoms. The summed E-state index contributed by atoms with van der Waals surface area (Å²) in [5.41, 5.74) is 6.81. The molecule has 3 nitrogen and oxygen atoms in total. The van der Waals surface area contributed by atoms with Crippen LogP contribution < -0.4 is 11.1 Å². The van der Waals surface area contributed by atoms with Crippen LogP contribution in [-0.2, 0) is 4.79 Å². The van der Waals surface area contributed by atoms with Crippen molar-refractivity contribution in [2.75, 3.05) is 5.75 Å². The van der Waals surface area contributed by atoms with E-state index in [1.165, 1.54) is 6.07 Å². The maximum Gasteiger partial charge on any atom is 0.223 e. The number of thioether (sulfide) groups is 1. The number of carbonyl (C=O) groups is 1. The maximum atomic E-state index is 13.5. The van der Waals surface area contributed by atoms with Crippen LogP contribution in [0.25, 0.3) is 0 Å². The van der Waals surface area contributed by atoms with Crippen LogP contribution >= 0.6 is 11.8 Å². The van der Waals surface area contributed by atoms with Crippen molar-refractivity contribution < 1.29 is 9.18 Å². The lowest BCUT2D eigenvalue weighted by Gasteiger charge is -2.30. The second-order valence-corrected chi connectivity index (χ2v) is 7.13. The highest BCUT2D eigenvalue weighted by Crippen LogP contribution is 2.37. The predicted molar refractivity (Wildman–Crippen MR) is 82.6 cm³/mol. The number of nitrogens with one attached hydrogen (secondary N) is 1. The summed E-state index contributed by atoms with van der Waals surface area (Å²) in [5, 5.41) is 3.13. The summed E-state index contributed by atoms with van der Waals surface area (Å²) in [6, 6.07) is 5.05. The summed E-state index contributed by atoms with van der Waals surface area (Å²) in [4.78, 5) is 13.5. The molecule has 0 bridgehead atoms. The Morgan fingerprint density at radius 3 is 2.76 bits per heavy atom. The second kappa shape index (κ2) is 6.36. The molecule has 1 aromatic rings. The smallest absolute Gasteiger partial charge is 0.223 e. The van der Waals surface area contributed by atoms with E-state index in [9.17, 15) is 9.18 Å². The first-order chi connectivity index (χ1) is 10.1. The average Bonchev–Trinajstić information content (AvgIpc) is 2.48. The molecule has 1 atom stereocenters. The van der Waals surface area contributed by atoms with Crippen LogP contribution in [0.2, 0.25) is 0 Å². The topological polar surface area (TPSA) is 55.1 Å². The van der Waals surface area contributed by atoms with E-state index in [0.29, 0.717) is 0 Å². The summed E-state index contributed by atoms with van der Waals surface area (Å²) >= 11 is 1.73. The van der Waals surface area contributed by atoms with Gasteiger partial charge in [-0.05, 0) is 55.9 Å². The van der Waals surface area contributed by atoms with Gasteiger partial charge in [-0.3, -0.25) is 4.79 Å². The Kier molecular flexibility index (Phi) is 4.50. The van der Waals surface area contributed by atoms with Crippen LogP contribution in [0.4, 0.5) is 4.39 Å². The fourth-order valence-electron chi connectivity index (χ4n) is 3.19. The molecule has 3 rings (SSSR count). The molecule has 0 saturated heterocycles. The van der Waals surface area contributed by atoms with E-state index in [0.717, 1.165) is 48.3 Å². The number of nitrogens with two attached hydrogens (primary N) is 1. The van der Waals surface area contributed by atoms with Crippen LogP contribution in [0.3, 0.4) is 0 Å². The van der Waals surface area contributed by atoms with Gasteiger partial charge in [0.05, 0.1) is 6.04 Å². The van der Waals surface area contributed by atoms with Crippen LogP contribution in [0, 0.1) is 11.7 Å². The van der Waals surface area contributed by atoms with Gasteiger partial charge in [0.2, 0.25) is 5.91 Å². The van der Waals surface area contributed by atoms with Crippen LogP contribution in [-0.4, -0.2) is 17.7 Å². The zero-order valence-corrected chi connectivity index (χ0v) is 12.8. The highest BCUT2D eigenvalue weighted by atomic mass is 32.2. The van der Waals surface area contributed by atoms with Crippen molar-refractivity contribution in [3.8, 4) is 0 Å². The lowest BCUT2D eigenvalue weighted by molar-refractivity contribution is -0.126. The largest absolute Gasteiger partial charge is 0.349 e. The molecule has 1 saturated carbocycles. The van der Waals surface area contributed by atoms with Crippen LogP contribution in [0.1, 0.15) is 43.7 Å². The molecule has 114 valence electrons. The summed E-state index contributed by atoms with van der Waals surface area (Å²) in [6.45, 7) is 0. The average molecular weight is 308 g/mol. The predicted octanol–water partition coefficient (Wildman–Crippen LogP) is 3.00. The van der Waals surface area contributed by atoms with Gasteiger partial charge in [-0.2, -0.15) is 0 Å². The third-order valence-corrected chi connectivity index (χ3v) is 5.59. The number of hydrogen-bond donors (Lipinski definition) is 2. The van der Waals surface area contributed by atoms with E-state index in [4.69, 9.17) is 5.73 Å². The van der Waals surface area contributed by atoms with E-state index in [1.54, 1.807) is 17.8 Å². The van der Waals surface area contributed by atoms with Crippen molar-refractivity contribution in [3.63, 3.8) is 0 Å². The van der Waals surface area contributed by atoms with E-state index >= 15 is 0 Å². The molecule has 0 radical (unpaired) electrons. The second-order valence-electron chi connectivity index (χ2n) is 5.99. The quantitative estimate of drug-likeness (QED) is 0.883. The third kappa shape index (κ3) is 3.40. The van der Waals surface area contributed by atoms with Crippen molar-refractivity contribution >= 4 is 17.7 Å². The van der Waals surface area contributed by atoms with Gasteiger partial charge in [0.1, 0.15) is 5.82 Å². The van der Waals surface area contributed by atoms with Crippen molar-refractivity contribution in [3.05, 3.63) is 29.6 Å². The van der Waals surface area contributed by atoms with Gasteiger partial charge in [0.15, 0.2) is 0 Å². The van der Waals surface area contributed by atoms with Gasteiger partial charge in [-0.25, -0.2) is 4.39 Å². The van der Waals surface area contributed by atoms with Crippen LogP contribution in [0.15, 0.2) is 23.1 Å². The molecule has 1 aliphatic heterocycles. The molecular weight excluding hydrogens is 287 g/mol. The third-order valence-electron chi connectivity index (χ3n) is 4.47. The zero-order valence-electron chi connectivity index (χ0n) is 12.0. The molecule has 0 spiro atoms. The summed E-state index contributed by atoms with van der Waals surface area (Å²) < 4.78 is 13.5. The molecule has 0 aromatic heterocycles. The summed E-state index contributed by atoms with van der Waals surface area (Å²) in [7, 11) is 0. The number of carbonyl (C=O) groups excluding carboxylic acids is 1. The highest BCUT2D eigenvalue weighted by molar-refractivity contribution is 7.99. The minimum atomic E-state index is -0.237. The van der Waals surface area contributed by atoms with Crippen molar-refractivity contribution in [2.45, 2.75) is 49.1 Å². The Balaban J connectivity index is 1.68. The fraction of sp³-hybridized carbons (Fsp3) is 0.562. The molecule has 1 fully saturated rings. The van der Waals surface area contributed by atoms with Crippen molar-refractivity contribution in [1.82, 2.24) is 5.32 Å². The lowest BCUT2D eigenvalue weighted by Crippen LogP contribution is -2.38. The molecule has 1 aromatic carbocycles. The monoisotopic (exact) mass is 308 g/mol. The van der Waals surface area contributed by atoms with E-state index in [1.807, 2.05) is 6.07 Å². The molecule has 2 aliphatic rings. The van der Waals surface area contributed by atoms with Crippen molar-refractivity contribution in [1.29, 1.82) is 0 Å². The summed E-state index contributed by atoms with van der Waals surface area (Å²) in [5.74, 6) is 0.892. The first kappa shape index (κ1) is 14.9. The van der Waals surface area contributed by atoms with Gasteiger partial charge in [-0.15, -0.1) is 11.8 Å². The Hall–Kier alpha value is -1.07. The van der Waals surface area contributed by atoms with Crippen molar-refractivity contribution in [2.24, 2.45) is 11.7 Å². The van der Waals surface area contributed by atoms with E-state index in [-0.39, 0.29) is 29.7 Å². The Bertz CT molecular complexity index is 529. The van der Waals surface area contributed by atoms with Crippen LogP contribution in [0.5, 0.6) is 0 Å². The number of halogens is 1. The lowest BCUT2D eigenvalue weighted by atomic mass is 9.85. The zero-order chi connectivity index (χ0) is 14.8. The number of amides is 1. The number of fused-ring (bicyclic) bond motifs is 1. The number of rotatable bonds is 2. The fourth-order valence-corrected chi connectivity index (χ4v) is 4.29. The normalized spacial score (nSPS) is 28.8. The molecule has 1 unspecified atom stereocenters. The van der Waals surface area contributed by atoms with Gasteiger partial charge in [0.25, 0.3) is 0 Å². The van der Waals surface area contributed by atoms with E-state index in [2.05, 4.69) is 5.32 Å². The van der Waals surface area contributed by atoms with Gasteiger partial charge >= 0.3 is 0 Å². The van der Waals surface area contributed by atoms with E-state index < -0.39 is 0 Å².